The minimum Gasteiger partial charge on any atom is -0.497 e. The topological polar surface area (TPSA) is 92.3 Å². The number of aromatic nitrogens is 1. The first-order chi connectivity index (χ1) is 19.2. The zero-order chi connectivity index (χ0) is 28.6. The average Bonchev–Trinajstić information content (AvgIpc) is 3.51. The van der Waals surface area contributed by atoms with E-state index < -0.39 is 12.0 Å². The Balaban J connectivity index is 1.67. The van der Waals surface area contributed by atoms with Crippen molar-refractivity contribution in [3.63, 3.8) is 0 Å². The van der Waals surface area contributed by atoms with Crippen LogP contribution in [-0.4, -0.2) is 31.4 Å². The van der Waals surface area contributed by atoms with E-state index in [1.54, 1.807) is 75.6 Å². The lowest BCUT2D eigenvalue weighted by Gasteiger charge is -2.26. The van der Waals surface area contributed by atoms with E-state index in [9.17, 15) is 9.59 Å². The fourth-order valence-electron chi connectivity index (χ4n) is 4.52. The molecule has 0 aliphatic carbocycles. The first kappa shape index (κ1) is 27.8. The number of halogens is 2. The molecule has 4 aromatic rings. The molecule has 11 heteroatoms. The number of carbonyl (C=O) groups is 1. The molecule has 0 N–H and O–H groups in total. The van der Waals surface area contributed by atoms with Crippen LogP contribution in [-0.2, 0) is 9.53 Å². The first-order valence-electron chi connectivity index (χ1n) is 12.2. The molecule has 1 aliphatic rings. The zero-order valence-corrected chi connectivity index (χ0v) is 24.3. The second-order valence-electron chi connectivity index (χ2n) is 8.74. The summed E-state index contributed by atoms with van der Waals surface area (Å²) in [5, 5.41) is 0.963. The molecule has 5 rings (SSSR count). The van der Waals surface area contributed by atoms with Crippen molar-refractivity contribution in [2.75, 3.05) is 20.8 Å². The van der Waals surface area contributed by atoms with E-state index in [0.717, 1.165) is 0 Å². The number of nitrogens with zero attached hydrogens (tertiary/aromatic N) is 2. The van der Waals surface area contributed by atoms with Gasteiger partial charge in [-0.1, -0.05) is 34.5 Å². The Morgan fingerprint density at radius 3 is 2.62 bits per heavy atom. The van der Waals surface area contributed by atoms with Crippen LogP contribution in [0.3, 0.4) is 0 Å². The molecule has 0 fully saturated rings. The van der Waals surface area contributed by atoms with Gasteiger partial charge in [0.25, 0.3) is 5.56 Å². The summed E-state index contributed by atoms with van der Waals surface area (Å²) in [7, 11) is 3.07. The minimum absolute atomic E-state index is 0.172. The maximum atomic E-state index is 13.9. The van der Waals surface area contributed by atoms with E-state index >= 15 is 0 Å². The Labute approximate surface area is 243 Å². The van der Waals surface area contributed by atoms with Gasteiger partial charge in [0, 0.05) is 28.3 Å². The predicted molar refractivity (Wildman–Crippen MR) is 154 cm³/mol. The summed E-state index contributed by atoms with van der Waals surface area (Å²) in [5.41, 5.74) is 1.62. The zero-order valence-electron chi connectivity index (χ0n) is 22.0. The molecule has 8 nitrogen and oxygen atoms in total. The average molecular weight is 599 g/mol. The van der Waals surface area contributed by atoms with Gasteiger partial charge in [0.05, 0.1) is 41.7 Å². The smallest absolute Gasteiger partial charge is 0.338 e. The van der Waals surface area contributed by atoms with Crippen LogP contribution in [0.15, 0.2) is 74.0 Å². The van der Waals surface area contributed by atoms with Crippen molar-refractivity contribution in [1.82, 2.24) is 4.57 Å². The molecular formula is C29H24Cl2N2O6S. The number of furan rings is 1. The number of benzene rings is 2. The van der Waals surface area contributed by atoms with E-state index in [1.165, 1.54) is 23.0 Å². The van der Waals surface area contributed by atoms with Gasteiger partial charge < -0.3 is 18.6 Å². The summed E-state index contributed by atoms with van der Waals surface area (Å²) in [4.78, 5) is 32.1. The predicted octanol–water partition coefficient (Wildman–Crippen LogP) is 5.38. The van der Waals surface area contributed by atoms with Crippen molar-refractivity contribution >= 4 is 46.6 Å². The van der Waals surface area contributed by atoms with Gasteiger partial charge in [0.15, 0.2) is 4.80 Å². The van der Waals surface area contributed by atoms with Crippen molar-refractivity contribution in [2.24, 2.45) is 4.99 Å². The fourth-order valence-corrected chi connectivity index (χ4v) is 6.05. The molecule has 206 valence electrons. The number of ether oxygens (including phenoxy) is 3. The van der Waals surface area contributed by atoms with Crippen LogP contribution >= 0.6 is 34.5 Å². The van der Waals surface area contributed by atoms with Gasteiger partial charge in [0.1, 0.15) is 29.1 Å². The monoisotopic (exact) mass is 598 g/mol. The van der Waals surface area contributed by atoms with Crippen molar-refractivity contribution < 1.29 is 23.4 Å². The summed E-state index contributed by atoms with van der Waals surface area (Å²) in [6.45, 7) is 3.62. The minimum atomic E-state index is -0.835. The lowest BCUT2D eigenvalue weighted by atomic mass is 9.95. The molecule has 0 spiro atoms. The molecule has 0 saturated heterocycles. The van der Waals surface area contributed by atoms with E-state index in [-0.39, 0.29) is 17.7 Å². The molecule has 2 aromatic carbocycles. The number of esters is 1. The van der Waals surface area contributed by atoms with Crippen molar-refractivity contribution in [3.05, 3.63) is 101 Å². The largest absolute Gasteiger partial charge is 0.497 e. The van der Waals surface area contributed by atoms with E-state index in [4.69, 9.17) is 41.8 Å². The molecule has 0 bridgehead atoms. The number of hydrogen-bond donors (Lipinski definition) is 0. The summed E-state index contributed by atoms with van der Waals surface area (Å²) >= 11 is 13.6. The number of carbonyl (C=O) groups excluding carboxylic acids is 1. The summed E-state index contributed by atoms with van der Waals surface area (Å²) in [5.74, 6) is 1.44. The highest BCUT2D eigenvalue weighted by molar-refractivity contribution is 7.07. The Kier molecular flexibility index (Phi) is 7.89. The summed E-state index contributed by atoms with van der Waals surface area (Å²) in [6.07, 6.45) is 1.64. The molecule has 1 unspecified atom stereocenters. The highest BCUT2D eigenvalue weighted by Crippen LogP contribution is 2.38. The quantitative estimate of drug-likeness (QED) is 0.265. The third-order valence-electron chi connectivity index (χ3n) is 6.35. The van der Waals surface area contributed by atoms with Gasteiger partial charge in [-0.15, -0.1) is 0 Å². The molecule has 2 aromatic heterocycles. The summed E-state index contributed by atoms with van der Waals surface area (Å²) < 4.78 is 24.2. The van der Waals surface area contributed by atoms with Crippen LogP contribution in [0, 0.1) is 0 Å². The molecular weight excluding hydrogens is 575 g/mol. The molecule has 0 saturated carbocycles. The standard InChI is InChI=1S/C29H24Cl2N2O6S/c1-5-38-28(35)25-15(2)32-29-33(26(25)20-10-7-17(36-3)13-23(20)37-4)27(34)24(40-29)14-18-8-11-22(39-18)19-9-6-16(30)12-21(19)31/h6-14,26H,5H2,1-4H3. The number of allylic oxidation sites excluding steroid dienone is 1. The lowest BCUT2D eigenvalue weighted by molar-refractivity contribution is -0.139. The van der Waals surface area contributed by atoms with Crippen LogP contribution in [0.5, 0.6) is 11.5 Å². The highest BCUT2D eigenvalue weighted by Gasteiger charge is 2.35. The van der Waals surface area contributed by atoms with Crippen LogP contribution in [0.25, 0.3) is 17.4 Å². The number of hydrogen-bond acceptors (Lipinski definition) is 8. The van der Waals surface area contributed by atoms with Gasteiger partial charge >= 0.3 is 5.97 Å². The number of rotatable bonds is 7. The molecule has 3 heterocycles. The van der Waals surface area contributed by atoms with Crippen molar-refractivity contribution in [3.8, 4) is 22.8 Å². The number of thiazole rings is 1. The van der Waals surface area contributed by atoms with Crippen molar-refractivity contribution in [1.29, 1.82) is 0 Å². The molecule has 40 heavy (non-hydrogen) atoms. The third kappa shape index (κ3) is 5.08. The number of methoxy groups -OCH3 is 2. The van der Waals surface area contributed by atoms with Gasteiger partial charge in [-0.2, -0.15) is 0 Å². The van der Waals surface area contributed by atoms with Crippen LogP contribution in [0.2, 0.25) is 10.0 Å². The fraction of sp³-hybridized carbons (Fsp3) is 0.207. The molecule has 1 atom stereocenters. The second-order valence-corrected chi connectivity index (χ2v) is 10.6. The SMILES string of the molecule is CCOC(=O)C1=C(C)N=c2sc(=Cc3ccc(-c4ccc(Cl)cc4Cl)o3)c(=O)n2C1c1ccc(OC)cc1OC. The normalized spacial score (nSPS) is 15.1. The Hall–Kier alpha value is -3.79. The van der Waals surface area contributed by atoms with Gasteiger partial charge in [-0.05, 0) is 56.3 Å². The number of fused-ring (bicyclic) bond motifs is 1. The highest BCUT2D eigenvalue weighted by atomic mass is 35.5. The Bertz CT molecular complexity index is 1840. The Morgan fingerprint density at radius 1 is 1.12 bits per heavy atom. The molecule has 1 aliphatic heterocycles. The van der Waals surface area contributed by atoms with E-state index in [0.29, 0.717) is 59.2 Å². The molecule has 0 amide bonds. The lowest BCUT2D eigenvalue weighted by Crippen LogP contribution is -2.40. The third-order valence-corrected chi connectivity index (χ3v) is 7.88. The van der Waals surface area contributed by atoms with Crippen LogP contribution < -0.4 is 24.4 Å². The second kappa shape index (κ2) is 11.4. The van der Waals surface area contributed by atoms with E-state index in [1.807, 2.05) is 0 Å². The van der Waals surface area contributed by atoms with Gasteiger partial charge in [-0.3, -0.25) is 9.36 Å². The maximum absolute atomic E-state index is 13.9. The summed E-state index contributed by atoms with van der Waals surface area (Å²) in [6, 6.07) is 13.0. The van der Waals surface area contributed by atoms with Crippen molar-refractivity contribution in [2.45, 2.75) is 19.9 Å². The molecule has 0 radical (unpaired) electrons. The van der Waals surface area contributed by atoms with Crippen LogP contribution in [0.4, 0.5) is 0 Å². The maximum Gasteiger partial charge on any atom is 0.338 e. The van der Waals surface area contributed by atoms with Crippen LogP contribution in [0.1, 0.15) is 31.2 Å². The van der Waals surface area contributed by atoms with Gasteiger partial charge in [0.2, 0.25) is 0 Å². The first-order valence-corrected chi connectivity index (χ1v) is 13.8. The van der Waals surface area contributed by atoms with E-state index in [2.05, 4.69) is 4.99 Å². The Morgan fingerprint density at radius 2 is 1.93 bits per heavy atom. The van der Waals surface area contributed by atoms with Gasteiger partial charge in [-0.25, -0.2) is 9.79 Å².